The van der Waals surface area contributed by atoms with Crippen LogP contribution in [0, 0.1) is 0 Å². The van der Waals surface area contributed by atoms with Crippen LogP contribution in [-0.4, -0.2) is 54.5 Å². The Bertz CT molecular complexity index is 553. The predicted molar refractivity (Wildman–Crippen MR) is 90.2 cm³/mol. The molecule has 126 valence electrons. The maximum atomic E-state index is 12.6. The van der Waals surface area contributed by atoms with Crippen LogP contribution in [0.25, 0.3) is 0 Å². The molecule has 0 atom stereocenters. The van der Waals surface area contributed by atoms with Crippen molar-refractivity contribution in [3.8, 4) is 5.75 Å². The summed E-state index contributed by atoms with van der Waals surface area (Å²) in [4.78, 5) is 16.9. The molecule has 2 N–H and O–H groups in total. The highest BCUT2D eigenvalue weighted by Crippen LogP contribution is 2.35. The summed E-state index contributed by atoms with van der Waals surface area (Å²) in [7, 11) is 2.14. The fourth-order valence-electron chi connectivity index (χ4n) is 3.48. The Kier molecular flexibility index (Phi) is 4.87. The number of amides is 1. The third-order valence-corrected chi connectivity index (χ3v) is 4.99. The van der Waals surface area contributed by atoms with Crippen LogP contribution in [0.1, 0.15) is 31.2 Å². The Morgan fingerprint density at radius 3 is 2.78 bits per heavy atom. The second-order valence-corrected chi connectivity index (χ2v) is 6.84. The molecular formula is C18H27N3O2. The van der Waals surface area contributed by atoms with E-state index in [1.807, 2.05) is 23.1 Å². The van der Waals surface area contributed by atoms with Crippen molar-refractivity contribution < 1.29 is 9.53 Å². The normalized spacial score (nSPS) is 20.7. The van der Waals surface area contributed by atoms with Crippen molar-refractivity contribution in [1.82, 2.24) is 9.80 Å². The quantitative estimate of drug-likeness (QED) is 0.920. The van der Waals surface area contributed by atoms with E-state index in [4.69, 9.17) is 10.5 Å². The molecule has 5 nitrogen and oxygen atoms in total. The molecule has 1 amide bonds. The third kappa shape index (κ3) is 3.67. The van der Waals surface area contributed by atoms with Gasteiger partial charge in [-0.3, -0.25) is 4.79 Å². The molecule has 0 bridgehead atoms. The van der Waals surface area contributed by atoms with Crippen molar-refractivity contribution >= 4 is 5.91 Å². The van der Waals surface area contributed by atoms with Crippen molar-refractivity contribution in [3.05, 3.63) is 29.8 Å². The maximum absolute atomic E-state index is 12.6. The maximum Gasteiger partial charge on any atom is 0.223 e. The summed E-state index contributed by atoms with van der Waals surface area (Å²) in [6.07, 6.45) is 3.18. The minimum Gasteiger partial charge on any atom is -0.485 e. The van der Waals surface area contributed by atoms with Gasteiger partial charge in [0.2, 0.25) is 5.91 Å². The minimum atomic E-state index is -0.252. The highest BCUT2D eigenvalue weighted by molar-refractivity contribution is 5.76. The first kappa shape index (κ1) is 16.3. The van der Waals surface area contributed by atoms with Gasteiger partial charge in [-0.15, -0.1) is 0 Å². The Balaban J connectivity index is 1.85. The molecule has 1 spiro atoms. The fraction of sp³-hybridized carbons (Fsp3) is 0.611. The molecule has 2 aliphatic rings. The molecule has 3 rings (SSSR count). The zero-order valence-electron chi connectivity index (χ0n) is 14.0. The van der Waals surface area contributed by atoms with Crippen LogP contribution in [-0.2, 0) is 11.3 Å². The second kappa shape index (κ2) is 6.89. The predicted octanol–water partition coefficient (Wildman–Crippen LogP) is 1.61. The van der Waals surface area contributed by atoms with Crippen molar-refractivity contribution in [3.63, 3.8) is 0 Å². The standard InChI is InChI=1S/C18H27N3O2/c1-20-11-8-18(9-12-20)14-21(17(22)7-4-10-19)13-15-5-2-3-6-16(15)23-18/h2-3,5-6H,4,7-14,19H2,1H3. The number of rotatable bonds is 3. The Labute approximate surface area is 138 Å². The monoisotopic (exact) mass is 317 g/mol. The smallest absolute Gasteiger partial charge is 0.223 e. The van der Waals surface area contributed by atoms with Gasteiger partial charge in [0.05, 0.1) is 6.54 Å². The highest BCUT2D eigenvalue weighted by atomic mass is 16.5. The molecule has 1 aromatic rings. The van der Waals surface area contributed by atoms with E-state index >= 15 is 0 Å². The van der Waals surface area contributed by atoms with Crippen LogP contribution in [0.4, 0.5) is 0 Å². The molecule has 5 heteroatoms. The lowest BCUT2D eigenvalue weighted by molar-refractivity contribution is -0.135. The van der Waals surface area contributed by atoms with Gasteiger partial charge < -0.3 is 20.3 Å². The van der Waals surface area contributed by atoms with E-state index in [0.717, 1.165) is 43.7 Å². The molecular weight excluding hydrogens is 290 g/mol. The third-order valence-electron chi connectivity index (χ3n) is 4.99. The van der Waals surface area contributed by atoms with Gasteiger partial charge in [0.25, 0.3) is 0 Å². The van der Waals surface area contributed by atoms with Crippen molar-refractivity contribution in [1.29, 1.82) is 0 Å². The second-order valence-electron chi connectivity index (χ2n) is 6.84. The molecule has 1 saturated heterocycles. The summed E-state index contributed by atoms with van der Waals surface area (Å²) in [6, 6.07) is 8.11. The van der Waals surface area contributed by atoms with E-state index in [9.17, 15) is 4.79 Å². The number of nitrogens with zero attached hydrogens (tertiary/aromatic N) is 2. The number of hydrogen-bond donors (Lipinski definition) is 1. The van der Waals surface area contributed by atoms with Crippen LogP contribution in [0.5, 0.6) is 5.75 Å². The molecule has 0 aliphatic carbocycles. The van der Waals surface area contributed by atoms with Crippen molar-refractivity contribution in [2.75, 3.05) is 33.2 Å². The van der Waals surface area contributed by atoms with E-state index in [2.05, 4.69) is 18.0 Å². The van der Waals surface area contributed by atoms with Crippen molar-refractivity contribution in [2.24, 2.45) is 5.73 Å². The fourth-order valence-corrected chi connectivity index (χ4v) is 3.48. The van der Waals surface area contributed by atoms with Gasteiger partial charge in [0.1, 0.15) is 11.4 Å². The van der Waals surface area contributed by atoms with E-state index in [0.29, 0.717) is 26.1 Å². The Hall–Kier alpha value is -1.59. The molecule has 2 aliphatic heterocycles. The summed E-state index contributed by atoms with van der Waals surface area (Å²) in [6.45, 7) is 3.89. The first-order valence-corrected chi connectivity index (χ1v) is 8.55. The summed E-state index contributed by atoms with van der Waals surface area (Å²) >= 11 is 0. The largest absolute Gasteiger partial charge is 0.485 e. The van der Waals surface area contributed by atoms with Crippen molar-refractivity contribution in [2.45, 2.75) is 37.8 Å². The van der Waals surface area contributed by atoms with Gasteiger partial charge >= 0.3 is 0 Å². The Morgan fingerprint density at radius 1 is 1.30 bits per heavy atom. The lowest BCUT2D eigenvalue weighted by Crippen LogP contribution is -2.53. The van der Waals surface area contributed by atoms with Crippen LogP contribution in [0.3, 0.4) is 0 Å². The molecule has 2 heterocycles. The van der Waals surface area contributed by atoms with E-state index < -0.39 is 0 Å². The number of nitrogens with two attached hydrogens (primary N) is 1. The minimum absolute atomic E-state index is 0.189. The number of carbonyl (C=O) groups is 1. The number of fused-ring (bicyclic) bond motifs is 1. The number of likely N-dealkylation sites (tertiary alicyclic amines) is 1. The number of para-hydroxylation sites is 1. The average Bonchev–Trinajstić information content (AvgIpc) is 2.72. The molecule has 0 radical (unpaired) electrons. The lowest BCUT2D eigenvalue weighted by atomic mass is 9.90. The summed E-state index contributed by atoms with van der Waals surface area (Å²) in [5, 5.41) is 0. The van der Waals surface area contributed by atoms with Crippen LogP contribution < -0.4 is 10.5 Å². The molecule has 0 aromatic heterocycles. The molecule has 0 unspecified atom stereocenters. The van der Waals surface area contributed by atoms with Gasteiger partial charge in [-0.1, -0.05) is 18.2 Å². The van der Waals surface area contributed by atoms with Crippen LogP contribution >= 0.6 is 0 Å². The zero-order chi connectivity index (χ0) is 16.3. The summed E-state index contributed by atoms with van der Waals surface area (Å²) < 4.78 is 6.47. The topological polar surface area (TPSA) is 58.8 Å². The van der Waals surface area contributed by atoms with Gasteiger partial charge in [0, 0.05) is 44.5 Å². The number of piperidine rings is 1. The number of hydrogen-bond acceptors (Lipinski definition) is 4. The summed E-state index contributed by atoms with van der Waals surface area (Å²) in [5.74, 6) is 1.13. The van der Waals surface area contributed by atoms with Gasteiger partial charge in [-0.2, -0.15) is 0 Å². The highest BCUT2D eigenvalue weighted by Gasteiger charge is 2.41. The first-order valence-electron chi connectivity index (χ1n) is 8.55. The summed E-state index contributed by atoms with van der Waals surface area (Å²) in [5.41, 5.74) is 6.41. The molecule has 23 heavy (non-hydrogen) atoms. The average molecular weight is 317 g/mol. The number of carbonyl (C=O) groups excluding carboxylic acids is 1. The van der Waals surface area contributed by atoms with Crippen LogP contribution in [0.2, 0.25) is 0 Å². The lowest BCUT2D eigenvalue weighted by Gasteiger charge is -2.41. The van der Waals surface area contributed by atoms with E-state index in [1.165, 1.54) is 0 Å². The molecule has 1 aromatic carbocycles. The van der Waals surface area contributed by atoms with Gasteiger partial charge in [-0.05, 0) is 26.1 Å². The van der Waals surface area contributed by atoms with E-state index in [1.54, 1.807) is 0 Å². The van der Waals surface area contributed by atoms with E-state index in [-0.39, 0.29) is 11.5 Å². The Morgan fingerprint density at radius 2 is 2.04 bits per heavy atom. The number of benzene rings is 1. The van der Waals surface area contributed by atoms with Gasteiger partial charge in [0.15, 0.2) is 0 Å². The molecule has 0 saturated carbocycles. The zero-order valence-corrected chi connectivity index (χ0v) is 14.0. The van der Waals surface area contributed by atoms with Gasteiger partial charge in [-0.25, -0.2) is 0 Å². The SMILES string of the molecule is CN1CCC2(CC1)CN(C(=O)CCCN)Cc1ccccc1O2. The first-order chi connectivity index (χ1) is 11.1. The van der Waals surface area contributed by atoms with Crippen LogP contribution in [0.15, 0.2) is 24.3 Å². The molecule has 1 fully saturated rings. The number of ether oxygens (including phenoxy) is 1.